The van der Waals surface area contributed by atoms with E-state index in [1.807, 2.05) is 18.2 Å². The summed E-state index contributed by atoms with van der Waals surface area (Å²) in [5, 5.41) is 0.0511. The van der Waals surface area contributed by atoms with Crippen LogP contribution in [0.25, 0.3) is 11.0 Å². The van der Waals surface area contributed by atoms with Crippen LogP contribution in [0.5, 0.6) is 0 Å². The normalized spacial score (nSPS) is 20.5. The van der Waals surface area contributed by atoms with Crippen molar-refractivity contribution in [3.8, 4) is 0 Å². The zero-order chi connectivity index (χ0) is 17.5. The minimum atomic E-state index is 0.0511. The van der Waals surface area contributed by atoms with Crippen molar-refractivity contribution >= 4 is 28.7 Å². The highest BCUT2D eigenvalue weighted by Crippen LogP contribution is 2.38. The molecule has 1 aromatic heterocycles. The molecule has 3 heterocycles. The molecule has 132 valence electrons. The second-order valence-corrected chi connectivity index (χ2v) is 8.40. The number of thioether (sulfide) groups is 1. The number of amides is 1. The maximum absolute atomic E-state index is 12.9. The monoisotopic (exact) mass is 363 g/mol. The van der Waals surface area contributed by atoms with E-state index in [2.05, 4.69) is 40.2 Å². The average molecular weight is 363 g/mol. The number of carbonyl (C=O) groups excluding carboxylic acids is 1. The highest BCUT2D eigenvalue weighted by Gasteiger charge is 2.33. The number of nitrogens with zero attached hydrogens (tertiary/aromatic N) is 2. The third kappa shape index (κ3) is 2.80. The number of hydrogen-bond donors (Lipinski definition) is 1. The fourth-order valence-electron chi connectivity index (χ4n) is 4.06. The zero-order valence-electron chi connectivity index (χ0n) is 14.5. The number of likely N-dealkylation sites (tertiary alicyclic amines) is 1. The molecular weight excluding hydrogens is 342 g/mol. The second kappa shape index (κ2) is 6.47. The first-order chi connectivity index (χ1) is 12.8. The van der Waals surface area contributed by atoms with Crippen molar-refractivity contribution in [3.63, 3.8) is 0 Å². The molecule has 5 rings (SSSR count). The van der Waals surface area contributed by atoms with E-state index in [-0.39, 0.29) is 5.25 Å². The molecule has 0 radical (unpaired) electrons. The molecule has 1 N–H and O–H groups in total. The largest absolute Gasteiger partial charge is 0.342 e. The Balaban J connectivity index is 1.24. The molecule has 2 aliphatic heterocycles. The van der Waals surface area contributed by atoms with Gasteiger partial charge in [0.05, 0.1) is 16.3 Å². The van der Waals surface area contributed by atoms with E-state index in [0.717, 1.165) is 49.2 Å². The molecule has 1 atom stereocenters. The molecule has 2 aliphatic rings. The van der Waals surface area contributed by atoms with Crippen molar-refractivity contribution in [3.05, 3.63) is 59.9 Å². The van der Waals surface area contributed by atoms with Crippen molar-refractivity contribution in [2.45, 2.75) is 35.3 Å². The Bertz CT molecular complexity index is 901. The van der Waals surface area contributed by atoms with Crippen LogP contribution in [-0.2, 0) is 11.2 Å². The Morgan fingerprint density at radius 1 is 1.08 bits per heavy atom. The third-order valence-electron chi connectivity index (χ3n) is 5.52. The lowest BCUT2D eigenvalue weighted by atomic mass is 9.95. The number of aromatic nitrogens is 2. The van der Waals surface area contributed by atoms with Gasteiger partial charge < -0.3 is 9.88 Å². The molecule has 2 aromatic carbocycles. The number of aromatic amines is 1. The fraction of sp³-hybridized carbons (Fsp3) is 0.333. The standard InChI is InChI=1S/C21H21N3OS/c25-21(19-13-15-5-1-4-8-18(15)26-19)24-11-9-14(10-12-24)20-22-16-6-2-3-7-17(16)23-20/h1-8,14,19H,9-13H2,(H,22,23). The van der Waals surface area contributed by atoms with E-state index >= 15 is 0 Å². The molecule has 1 unspecified atom stereocenters. The maximum Gasteiger partial charge on any atom is 0.236 e. The van der Waals surface area contributed by atoms with E-state index in [1.54, 1.807) is 11.8 Å². The number of piperidine rings is 1. The predicted octanol–water partition coefficient (Wildman–Crippen LogP) is 3.99. The molecule has 1 saturated heterocycles. The van der Waals surface area contributed by atoms with E-state index in [4.69, 9.17) is 4.98 Å². The summed E-state index contributed by atoms with van der Waals surface area (Å²) in [6, 6.07) is 16.5. The number of hydrogen-bond acceptors (Lipinski definition) is 3. The molecule has 0 spiro atoms. The first-order valence-corrected chi connectivity index (χ1v) is 10.1. The Morgan fingerprint density at radius 2 is 1.85 bits per heavy atom. The number of para-hydroxylation sites is 2. The minimum absolute atomic E-state index is 0.0511. The van der Waals surface area contributed by atoms with Crippen LogP contribution in [0.15, 0.2) is 53.4 Å². The molecular formula is C21H21N3OS. The van der Waals surface area contributed by atoms with Gasteiger partial charge in [-0.15, -0.1) is 11.8 Å². The predicted molar refractivity (Wildman–Crippen MR) is 104 cm³/mol. The van der Waals surface area contributed by atoms with Gasteiger partial charge in [-0.2, -0.15) is 0 Å². The molecule has 0 bridgehead atoms. The summed E-state index contributed by atoms with van der Waals surface area (Å²) in [4.78, 5) is 24.5. The Labute approximate surface area is 157 Å². The number of benzene rings is 2. The van der Waals surface area contributed by atoms with Crippen molar-refractivity contribution in [1.29, 1.82) is 0 Å². The van der Waals surface area contributed by atoms with Crippen LogP contribution in [-0.4, -0.2) is 39.1 Å². The van der Waals surface area contributed by atoms with Crippen LogP contribution < -0.4 is 0 Å². The number of fused-ring (bicyclic) bond motifs is 2. The van der Waals surface area contributed by atoms with E-state index < -0.39 is 0 Å². The molecule has 4 nitrogen and oxygen atoms in total. The summed E-state index contributed by atoms with van der Waals surface area (Å²) in [6.07, 6.45) is 2.83. The van der Waals surface area contributed by atoms with Crippen molar-refractivity contribution in [2.75, 3.05) is 13.1 Å². The topological polar surface area (TPSA) is 49.0 Å². The quantitative estimate of drug-likeness (QED) is 0.749. The van der Waals surface area contributed by atoms with Crippen molar-refractivity contribution < 1.29 is 4.79 Å². The van der Waals surface area contributed by atoms with Gasteiger partial charge in [0.15, 0.2) is 0 Å². The van der Waals surface area contributed by atoms with Gasteiger partial charge in [0, 0.05) is 23.9 Å². The van der Waals surface area contributed by atoms with Gasteiger partial charge in [-0.05, 0) is 43.0 Å². The summed E-state index contributed by atoms with van der Waals surface area (Å²) < 4.78 is 0. The lowest BCUT2D eigenvalue weighted by Gasteiger charge is -2.32. The van der Waals surface area contributed by atoms with E-state index in [1.165, 1.54) is 10.5 Å². The number of imidazole rings is 1. The van der Waals surface area contributed by atoms with E-state index in [9.17, 15) is 4.79 Å². The van der Waals surface area contributed by atoms with Crippen LogP contribution in [0.2, 0.25) is 0 Å². The van der Waals surface area contributed by atoms with Gasteiger partial charge in [0.1, 0.15) is 5.82 Å². The van der Waals surface area contributed by atoms with Crippen LogP contribution in [0, 0.1) is 0 Å². The molecule has 1 amide bonds. The van der Waals surface area contributed by atoms with Gasteiger partial charge in [0.25, 0.3) is 0 Å². The molecule has 5 heteroatoms. The molecule has 3 aromatic rings. The number of carbonyl (C=O) groups is 1. The molecule has 1 fully saturated rings. The highest BCUT2D eigenvalue weighted by atomic mass is 32.2. The average Bonchev–Trinajstić information content (AvgIpc) is 3.31. The van der Waals surface area contributed by atoms with Gasteiger partial charge >= 0.3 is 0 Å². The first-order valence-electron chi connectivity index (χ1n) is 9.26. The summed E-state index contributed by atoms with van der Waals surface area (Å²) in [6.45, 7) is 1.65. The summed E-state index contributed by atoms with van der Waals surface area (Å²) >= 11 is 1.73. The third-order valence-corrected chi connectivity index (χ3v) is 6.83. The Hall–Kier alpha value is -2.27. The van der Waals surface area contributed by atoms with Gasteiger partial charge in [0.2, 0.25) is 5.91 Å². The second-order valence-electron chi connectivity index (χ2n) is 7.16. The smallest absolute Gasteiger partial charge is 0.236 e. The van der Waals surface area contributed by atoms with Gasteiger partial charge in [-0.25, -0.2) is 4.98 Å². The number of nitrogens with one attached hydrogen (secondary N) is 1. The number of H-pyrrole nitrogens is 1. The molecule has 0 saturated carbocycles. The van der Waals surface area contributed by atoms with Crippen LogP contribution in [0.3, 0.4) is 0 Å². The van der Waals surface area contributed by atoms with Crippen molar-refractivity contribution in [1.82, 2.24) is 14.9 Å². The van der Waals surface area contributed by atoms with Gasteiger partial charge in [-0.3, -0.25) is 4.79 Å². The van der Waals surface area contributed by atoms with Crippen LogP contribution in [0.4, 0.5) is 0 Å². The molecule has 0 aliphatic carbocycles. The Morgan fingerprint density at radius 3 is 2.65 bits per heavy atom. The minimum Gasteiger partial charge on any atom is -0.342 e. The summed E-state index contributed by atoms with van der Waals surface area (Å²) in [5.74, 6) is 1.79. The number of rotatable bonds is 2. The summed E-state index contributed by atoms with van der Waals surface area (Å²) in [5.41, 5.74) is 3.44. The SMILES string of the molecule is O=C(C1Cc2ccccc2S1)N1CCC(c2nc3ccccc3[nH]2)CC1. The van der Waals surface area contributed by atoms with E-state index in [0.29, 0.717) is 11.8 Å². The van der Waals surface area contributed by atoms with Crippen LogP contribution in [0.1, 0.15) is 30.1 Å². The lowest BCUT2D eigenvalue weighted by molar-refractivity contribution is -0.131. The first kappa shape index (κ1) is 15.9. The Kier molecular flexibility index (Phi) is 3.97. The maximum atomic E-state index is 12.9. The zero-order valence-corrected chi connectivity index (χ0v) is 15.3. The van der Waals surface area contributed by atoms with Crippen LogP contribution >= 0.6 is 11.8 Å². The highest BCUT2D eigenvalue weighted by molar-refractivity contribution is 8.01. The fourth-order valence-corrected chi connectivity index (χ4v) is 5.34. The molecule has 26 heavy (non-hydrogen) atoms. The lowest BCUT2D eigenvalue weighted by Crippen LogP contribution is -2.42. The van der Waals surface area contributed by atoms with Crippen molar-refractivity contribution in [2.24, 2.45) is 0 Å². The summed E-state index contributed by atoms with van der Waals surface area (Å²) in [7, 11) is 0. The van der Waals surface area contributed by atoms with Gasteiger partial charge in [-0.1, -0.05) is 30.3 Å².